The van der Waals surface area contributed by atoms with Crippen LogP contribution in [0, 0.1) is 5.82 Å². The largest absolute Gasteiger partial charge is 0.347 e. The van der Waals surface area contributed by atoms with Gasteiger partial charge in [0.2, 0.25) is 5.91 Å². The number of nitrogens with two attached hydrogens (primary N) is 1. The molecule has 1 amide bonds. The second kappa shape index (κ2) is 6.10. The molecule has 0 saturated carbocycles. The van der Waals surface area contributed by atoms with Crippen molar-refractivity contribution in [3.8, 4) is 0 Å². The molecule has 0 aliphatic carbocycles. The number of aryl methyl sites for hydroxylation is 1. The fraction of sp³-hybridized carbons (Fsp3) is 0.462. The van der Waals surface area contributed by atoms with Gasteiger partial charge in [0.15, 0.2) is 5.79 Å². The van der Waals surface area contributed by atoms with Gasteiger partial charge < -0.3 is 9.47 Å². The van der Waals surface area contributed by atoms with Gasteiger partial charge in [-0.15, -0.1) is 0 Å². The van der Waals surface area contributed by atoms with E-state index < -0.39 is 5.79 Å². The lowest BCUT2D eigenvalue weighted by Gasteiger charge is -2.26. The molecule has 2 rings (SSSR count). The van der Waals surface area contributed by atoms with E-state index in [9.17, 15) is 9.18 Å². The van der Waals surface area contributed by atoms with Gasteiger partial charge in [-0.1, -0.05) is 12.1 Å². The maximum atomic E-state index is 12.8. The summed E-state index contributed by atoms with van der Waals surface area (Å²) in [5.74, 6) is 3.56. The van der Waals surface area contributed by atoms with Crippen LogP contribution in [0.4, 0.5) is 4.39 Å². The van der Waals surface area contributed by atoms with Crippen molar-refractivity contribution in [2.75, 3.05) is 13.2 Å². The number of hydrazine groups is 1. The minimum Gasteiger partial charge on any atom is -0.347 e. The highest BCUT2D eigenvalue weighted by atomic mass is 19.1. The number of hydrogen-bond acceptors (Lipinski definition) is 4. The first-order valence-electron chi connectivity index (χ1n) is 6.15. The highest BCUT2D eigenvalue weighted by molar-refractivity contribution is 5.76. The zero-order chi connectivity index (χ0) is 13.7. The smallest absolute Gasteiger partial charge is 0.239 e. The van der Waals surface area contributed by atoms with E-state index in [2.05, 4.69) is 5.43 Å². The van der Waals surface area contributed by atoms with Gasteiger partial charge in [-0.25, -0.2) is 10.2 Å². The van der Waals surface area contributed by atoms with Gasteiger partial charge in [-0.05, 0) is 24.1 Å². The monoisotopic (exact) mass is 268 g/mol. The van der Waals surface area contributed by atoms with E-state index in [1.54, 1.807) is 12.1 Å². The molecule has 0 unspecified atom stereocenters. The molecule has 1 heterocycles. The maximum absolute atomic E-state index is 12.8. The molecule has 0 radical (unpaired) electrons. The third-order valence-corrected chi connectivity index (χ3v) is 3.11. The molecule has 0 bridgehead atoms. The Kier molecular flexibility index (Phi) is 4.47. The van der Waals surface area contributed by atoms with Crippen LogP contribution in [-0.4, -0.2) is 24.9 Å². The van der Waals surface area contributed by atoms with Crippen molar-refractivity contribution in [2.24, 2.45) is 5.84 Å². The number of benzene rings is 1. The molecular weight excluding hydrogens is 251 g/mol. The molecular formula is C13H17FN2O3. The summed E-state index contributed by atoms with van der Waals surface area (Å²) in [6.45, 7) is 0.919. The van der Waals surface area contributed by atoms with Gasteiger partial charge in [0.1, 0.15) is 5.82 Å². The molecule has 5 nitrogen and oxygen atoms in total. The van der Waals surface area contributed by atoms with Crippen molar-refractivity contribution in [1.82, 2.24) is 5.43 Å². The van der Waals surface area contributed by atoms with Crippen LogP contribution >= 0.6 is 0 Å². The zero-order valence-electron chi connectivity index (χ0n) is 10.5. The third kappa shape index (κ3) is 3.73. The van der Waals surface area contributed by atoms with Crippen molar-refractivity contribution < 1.29 is 18.7 Å². The van der Waals surface area contributed by atoms with Crippen LogP contribution in [-0.2, 0) is 20.7 Å². The van der Waals surface area contributed by atoms with Crippen molar-refractivity contribution in [3.63, 3.8) is 0 Å². The molecule has 19 heavy (non-hydrogen) atoms. The Hall–Kier alpha value is -1.50. The molecule has 1 aliphatic rings. The van der Waals surface area contributed by atoms with Crippen molar-refractivity contribution in [2.45, 2.75) is 25.0 Å². The van der Waals surface area contributed by atoms with Gasteiger partial charge in [0.05, 0.1) is 19.6 Å². The SMILES string of the molecule is NNC(=O)CC1(CCc2ccc(F)cc2)OCCO1. The predicted molar refractivity (Wildman–Crippen MR) is 66.3 cm³/mol. The predicted octanol–water partition coefficient (Wildman–Crippen LogP) is 0.881. The van der Waals surface area contributed by atoms with Crippen LogP contribution in [0.3, 0.4) is 0 Å². The van der Waals surface area contributed by atoms with Crippen molar-refractivity contribution in [1.29, 1.82) is 0 Å². The summed E-state index contributed by atoms with van der Waals surface area (Å²) >= 11 is 0. The summed E-state index contributed by atoms with van der Waals surface area (Å²) in [6, 6.07) is 6.23. The molecule has 104 valence electrons. The first kappa shape index (κ1) is 13.9. The first-order chi connectivity index (χ1) is 9.13. The number of ether oxygens (including phenoxy) is 2. The fourth-order valence-corrected chi connectivity index (χ4v) is 2.11. The van der Waals surface area contributed by atoms with E-state index in [0.717, 1.165) is 5.56 Å². The van der Waals surface area contributed by atoms with E-state index in [4.69, 9.17) is 15.3 Å². The molecule has 0 aromatic heterocycles. The van der Waals surface area contributed by atoms with E-state index >= 15 is 0 Å². The minimum absolute atomic E-state index is 0.0602. The first-order valence-corrected chi connectivity index (χ1v) is 6.15. The normalized spacial score (nSPS) is 17.4. The average molecular weight is 268 g/mol. The summed E-state index contributed by atoms with van der Waals surface area (Å²) in [7, 11) is 0. The molecule has 6 heteroatoms. The van der Waals surface area contributed by atoms with Crippen LogP contribution in [0.2, 0.25) is 0 Å². The number of nitrogens with one attached hydrogen (secondary N) is 1. The van der Waals surface area contributed by atoms with Gasteiger partial charge in [-0.2, -0.15) is 0 Å². The molecule has 0 atom stereocenters. The second-order valence-electron chi connectivity index (χ2n) is 4.48. The van der Waals surface area contributed by atoms with Gasteiger partial charge >= 0.3 is 0 Å². The van der Waals surface area contributed by atoms with Crippen molar-refractivity contribution in [3.05, 3.63) is 35.6 Å². The van der Waals surface area contributed by atoms with Crippen molar-refractivity contribution >= 4 is 5.91 Å². The Morgan fingerprint density at radius 2 is 1.95 bits per heavy atom. The highest BCUT2D eigenvalue weighted by Gasteiger charge is 2.38. The average Bonchev–Trinajstić information content (AvgIpc) is 2.87. The summed E-state index contributed by atoms with van der Waals surface area (Å²) < 4.78 is 23.9. The molecule has 1 aromatic carbocycles. The Labute approximate surface area is 110 Å². The maximum Gasteiger partial charge on any atom is 0.239 e. The summed E-state index contributed by atoms with van der Waals surface area (Å²) in [4.78, 5) is 11.4. The van der Waals surface area contributed by atoms with Crippen LogP contribution in [0.1, 0.15) is 18.4 Å². The van der Waals surface area contributed by atoms with Crippen LogP contribution in [0.5, 0.6) is 0 Å². The Morgan fingerprint density at radius 1 is 1.32 bits per heavy atom. The Balaban J connectivity index is 1.97. The quantitative estimate of drug-likeness (QED) is 0.472. The molecule has 0 spiro atoms. The summed E-state index contributed by atoms with van der Waals surface area (Å²) in [5.41, 5.74) is 3.04. The van der Waals surface area contributed by atoms with Gasteiger partial charge in [0, 0.05) is 6.42 Å². The van der Waals surface area contributed by atoms with Crippen LogP contribution in [0.15, 0.2) is 24.3 Å². The Morgan fingerprint density at radius 3 is 2.53 bits per heavy atom. The van der Waals surface area contributed by atoms with Gasteiger partial charge in [0.25, 0.3) is 0 Å². The number of rotatable bonds is 5. The van der Waals surface area contributed by atoms with Crippen LogP contribution < -0.4 is 11.3 Å². The molecule has 1 saturated heterocycles. The number of hydrogen-bond donors (Lipinski definition) is 2. The summed E-state index contributed by atoms with van der Waals surface area (Å²) in [5, 5.41) is 0. The van der Waals surface area contributed by atoms with Gasteiger partial charge in [-0.3, -0.25) is 10.2 Å². The molecule has 1 aromatic rings. The summed E-state index contributed by atoms with van der Waals surface area (Å²) in [6.07, 6.45) is 1.22. The lowest BCUT2D eigenvalue weighted by atomic mass is 10.0. The van der Waals surface area contributed by atoms with E-state index in [0.29, 0.717) is 26.1 Å². The highest BCUT2D eigenvalue weighted by Crippen LogP contribution is 2.28. The molecule has 1 aliphatic heterocycles. The Bertz CT molecular complexity index is 430. The van der Waals surface area contributed by atoms with Crippen LogP contribution in [0.25, 0.3) is 0 Å². The lowest BCUT2D eigenvalue weighted by molar-refractivity contribution is -0.173. The topological polar surface area (TPSA) is 73.6 Å². The van der Waals surface area contributed by atoms with E-state index in [-0.39, 0.29) is 18.1 Å². The third-order valence-electron chi connectivity index (χ3n) is 3.11. The fourth-order valence-electron chi connectivity index (χ4n) is 2.11. The lowest BCUT2D eigenvalue weighted by Crippen LogP contribution is -2.40. The minimum atomic E-state index is -0.919. The number of halogens is 1. The number of carbonyl (C=O) groups excluding carboxylic acids is 1. The molecule has 3 N–H and O–H groups in total. The number of carbonyl (C=O) groups is 1. The van der Waals surface area contributed by atoms with E-state index in [1.165, 1.54) is 12.1 Å². The second-order valence-corrected chi connectivity index (χ2v) is 4.48. The standard InChI is InChI=1S/C13H17FN2O3/c14-11-3-1-10(2-4-11)5-6-13(9-12(17)16-15)18-7-8-19-13/h1-4H,5-9,15H2,(H,16,17). The molecule has 1 fully saturated rings. The zero-order valence-corrected chi connectivity index (χ0v) is 10.5. The van der Waals surface area contributed by atoms with E-state index in [1.807, 2.05) is 0 Å². The number of amides is 1.